The van der Waals surface area contributed by atoms with E-state index >= 15 is 0 Å². The van der Waals surface area contributed by atoms with E-state index in [1.54, 1.807) is 0 Å². The van der Waals surface area contributed by atoms with E-state index in [2.05, 4.69) is 46.7 Å². The first-order valence-electron chi connectivity index (χ1n) is 6.70. The predicted molar refractivity (Wildman–Crippen MR) is 82.6 cm³/mol. The summed E-state index contributed by atoms with van der Waals surface area (Å²) in [7, 11) is 0. The van der Waals surface area contributed by atoms with E-state index in [4.69, 9.17) is 0 Å². The summed E-state index contributed by atoms with van der Waals surface area (Å²) in [5.74, 6) is 0. The molecule has 0 amide bonds. The van der Waals surface area contributed by atoms with Gasteiger partial charge in [0.25, 0.3) is 0 Å². The average Bonchev–Trinajstić information content (AvgIpc) is 2.55. The van der Waals surface area contributed by atoms with E-state index in [0.29, 0.717) is 0 Å². The lowest BCUT2D eigenvalue weighted by atomic mass is 9.99. The fourth-order valence-electron chi connectivity index (χ4n) is 2.26. The van der Waals surface area contributed by atoms with E-state index in [1.807, 2.05) is 48.8 Å². The van der Waals surface area contributed by atoms with Crippen LogP contribution in [0.3, 0.4) is 0 Å². The summed E-state index contributed by atoms with van der Waals surface area (Å²) in [5.41, 5.74) is 3.55. The van der Waals surface area contributed by atoms with Crippen molar-refractivity contribution < 1.29 is 0 Å². The molecule has 2 aromatic carbocycles. The van der Waals surface area contributed by atoms with Gasteiger partial charge < -0.3 is 5.32 Å². The number of anilines is 1. The minimum Gasteiger partial charge on any atom is -0.374 e. The van der Waals surface area contributed by atoms with Crippen molar-refractivity contribution in [2.45, 2.75) is 6.04 Å². The molecule has 0 unspecified atom stereocenters. The molecule has 0 fully saturated rings. The smallest absolute Gasteiger partial charge is 0.0768 e. The Balaban J connectivity index is 1.96. The van der Waals surface area contributed by atoms with Gasteiger partial charge in [-0.05, 0) is 35.4 Å². The van der Waals surface area contributed by atoms with Gasteiger partial charge in [0.05, 0.1) is 6.04 Å². The monoisotopic (exact) mass is 260 g/mol. The maximum absolute atomic E-state index is 4.10. The van der Waals surface area contributed by atoms with Gasteiger partial charge in [-0.25, -0.2) is 0 Å². The van der Waals surface area contributed by atoms with E-state index in [-0.39, 0.29) is 6.04 Å². The summed E-state index contributed by atoms with van der Waals surface area (Å²) in [6.07, 6.45) is 3.66. The number of pyridine rings is 1. The highest BCUT2D eigenvalue weighted by Crippen LogP contribution is 2.25. The third-order valence-corrected chi connectivity index (χ3v) is 3.26. The Bertz CT molecular complexity index is 597. The number of nitrogens with zero attached hydrogens (tertiary/aromatic N) is 1. The summed E-state index contributed by atoms with van der Waals surface area (Å²) < 4.78 is 0. The Hall–Kier alpha value is -2.61. The maximum atomic E-state index is 4.10. The van der Waals surface area contributed by atoms with Gasteiger partial charge in [-0.3, -0.25) is 4.98 Å². The van der Waals surface area contributed by atoms with Gasteiger partial charge in [0.2, 0.25) is 0 Å². The van der Waals surface area contributed by atoms with Crippen LogP contribution in [0.4, 0.5) is 5.69 Å². The second kappa shape index (κ2) is 6.02. The molecule has 0 aliphatic rings. The molecule has 1 atom stereocenters. The van der Waals surface area contributed by atoms with Gasteiger partial charge in [-0.15, -0.1) is 0 Å². The van der Waals surface area contributed by atoms with Crippen LogP contribution in [0.5, 0.6) is 0 Å². The Labute approximate surface area is 119 Å². The molecule has 0 aliphatic carbocycles. The topological polar surface area (TPSA) is 24.9 Å². The molecular weight excluding hydrogens is 244 g/mol. The molecule has 1 heterocycles. The van der Waals surface area contributed by atoms with Crippen molar-refractivity contribution >= 4 is 5.69 Å². The van der Waals surface area contributed by atoms with Crippen LogP contribution in [0.25, 0.3) is 0 Å². The SMILES string of the molecule is c1ccc(N[C@H](c2ccccc2)c2ccncc2)cc1. The fourth-order valence-corrected chi connectivity index (χ4v) is 2.26. The second-order valence-corrected chi connectivity index (χ2v) is 4.63. The van der Waals surface area contributed by atoms with Gasteiger partial charge in [-0.1, -0.05) is 48.5 Å². The first-order valence-corrected chi connectivity index (χ1v) is 6.70. The minimum absolute atomic E-state index is 0.126. The number of benzene rings is 2. The number of aromatic nitrogens is 1. The lowest BCUT2D eigenvalue weighted by Crippen LogP contribution is -2.12. The van der Waals surface area contributed by atoms with Crippen molar-refractivity contribution in [2.24, 2.45) is 0 Å². The molecule has 0 saturated carbocycles. The Kier molecular flexibility index (Phi) is 3.74. The van der Waals surface area contributed by atoms with Crippen LogP contribution in [0.2, 0.25) is 0 Å². The minimum atomic E-state index is 0.126. The molecule has 20 heavy (non-hydrogen) atoms. The van der Waals surface area contributed by atoms with Crippen LogP contribution in [0, 0.1) is 0 Å². The molecule has 3 aromatic rings. The van der Waals surface area contributed by atoms with Crippen LogP contribution in [-0.4, -0.2) is 4.98 Å². The van der Waals surface area contributed by atoms with E-state index in [0.717, 1.165) is 5.69 Å². The van der Waals surface area contributed by atoms with Gasteiger partial charge in [0, 0.05) is 18.1 Å². The Morgan fingerprint density at radius 2 is 1.20 bits per heavy atom. The lowest BCUT2D eigenvalue weighted by molar-refractivity contribution is 0.934. The van der Waals surface area contributed by atoms with Gasteiger partial charge in [0.15, 0.2) is 0 Å². The molecule has 2 heteroatoms. The van der Waals surface area contributed by atoms with Crippen molar-refractivity contribution in [3.63, 3.8) is 0 Å². The molecule has 0 spiro atoms. The molecular formula is C18H16N2. The third kappa shape index (κ3) is 2.86. The zero-order valence-electron chi connectivity index (χ0n) is 11.1. The number of rotatable bonds is 4. The van der Waals surface area contributed by atoms with Crippen molar-refractivity contribution in [3.8, 4) is 0 Å². The highest BCUT2D eigenvalue weighted by molar-refractivity contribution is 5.48. The van der Waals surface area contributed by atoms with Crippen molar-refractivity contribution in [1.82, 2.24) is 4.98 Å². The Morgan fingerprint density at radius 1 is 0.650 bits per heavy atom. The van der Waals surface area contributed by atoms with E-state index in [9.17, 15) is 0 Å². The molecule has 2 nitrogen and oxygen atoms in total. The average molecular weight is 260 g/mol. The first-order chi connectivity index (χ1) is 9.93. The van der Waals surface area contributed by atoms with Crippen molar-refractivity contribution in [3.05, 3.63) is 96.3 Å². The molecule has 1 aromatic heterocycles. The number of hydrogen-bond acceptors (Lipinski definition) is 2. The maximum Gasteiger partial charge on any atom is 0.0768 e. The fraction of sp³-hybridized carbons (Fsp3) is 0.0556. The van der Waals surface area contributed by atoms with Crippen LogP contribution in [0.1, 0.15) is 17.2 Å². The number of hydrogen-bond donors (Lipinski definition) is 1. The summed E-state index contributed by atoms with van der Waals surface area (Å²) in [5, 5.41) is 3.58. The molecule has 0 aliphatic heterocycles. The van der Waals surface area contributed by atoms with E-state index in [1.165, 1.54) is 11.1 Å². The normalized spacial score (nSPS) is 11.8. The second-order valence-electron chi connectivity index (χ2n) is 4.63. The third-order valence-electron chi connectivity index (χ3n) is 3.26. The van der Waals surface area contributed by atoms with Crippen LogP contribution in [0.15, 0.2) is 85.2 Å². The first kappa shape index (κ1) is 12.4. The van der Waals surface area contributed by atoms with Crippen LogP contribution >= 0.6 is 0 Å². The van der Waals surface area contributed by atoms with Crippen molar-refractivity contribution in [1.29, 1.82) is 0 Å². The van der Waals surface area contributed by atoms with Crippen molar-refractivity contribution in [2.75, 3.05) is 5.32 Å². The molecule has 98 valence electrons. The van der Waals surface area contributed by atoms with Crippen LogP contribution < -0.4 is 5.32 Å². The van der Waals surface area contributed by atoms with Gasteiger partial charge in [0.1, 0.15) is 0 Å². The highest BCUT2D eigenvalue weighted by atomic mass is 14.9. The highest BCUT2D eigenvalue weighted by Gasteiger charge is 2.13. The number of nitrogens with one attached hydrogen (secondary N) is 1. The summed E-state index contributed by atoms with van der Waals surface area (Å²) in [6.45, 7) is 0. The zero-order chi connectivity index (χ0) is 13.6. The van der Waals surface area contributed by atoms with Gasteiger partial charge in [-0.2, -0.15) is 0 Å². The summed E-state index contributed by atoms with van der Waals surface area (Å²) >= 11 is 0. The number of para-hydroxylation sites is 1. The quantitative estimate of drug-likeness (QED) is 0.757. The zero-order valence-corrected chi connectivity index (χ0v) is 11.1. The summed E-state index contributed by atoms with van der Waals surface area (Å²) in [6, 6.07) is 24.9. The molecule has 3 rings (SSSR count). The van der Waals surface area contributed by atoms with Crippen LogP contribution in [-0.2, 0) is 0 Å². The largest absolute Gasteiger partial charge is 0.374 e. The summed E-state index contributed by atoms with van der Waals surface area (Å²) in [4.78, 5) is 4.10. The molecule has 0 radical (unpaired) electrons. The lowest BCUT2D eigenvalue weighted by Gasteiger charge is -2.21. The predicted octanol–water partition coefficient (Wildman–Crippen LogP) is 4.28. The molecule has 0 saturated heterocycles. The van der Waals surface area contributed by atoms with Gasteiger partial charge >= 0.3 is 0 Å². The standard InChI is InChI=1S/C18H16N2/c1-3-7-15(8-4-1)18(16-11-13-19-14-12-16)20-17-9-5-2-6-10-17/h1-14,18,20H/t18-/m1/s1. The Morgan fingerprint density at radius 3 is 1.85 bits per heavy atom. The molecule has 1 N–H and O–H groups in total. The van der Waals surface area contributed by atoms with E-state index < -0.39 is 0 Å². The molecule has 0 bridgehead atoms.